The first-order valence-electron chi connectivity index (χ1n) is 8.12. The monoisotopic (exact) mass is 318 g/mol. The van der Waals surface area contributed by atoms with Crippen LogP contribution >= 0.6 is 0 Å². The third-order valence-electron chi connectivity index (χ3n) is 4.29. The van der Waals surface area contributed by atoms with Gasteiger partial charge in [-0.3, -0.25) is 4.90 Å². The minimum Gasteiger partial charge on any atom is -0.492 e. The Morgan fingerprint density at radius 2 is 2.22 bits per heavy atom. The van der Waals surface area contributed by atoms with Gasteiger partial charge in [-0.2, -0.15) is 5.10 Å². The average Bonchev–Trinajstić information content (AvgIpc) is 3.06. The van der Waals surface area contributed by atoms with Gasteiger partial charge in [-0.1, -0.05) is 6.07 Å². The van der Waals surface area contributed by atoms with Gasteiger partial charge in [-0.25, -0.2) is 14.1 Å². The van der Waals surface area contributed by atoms with Crippen LogP contribution in [0.5, 0.6) is 5.75 Å². The lowest BCUT2D eigenvalue weighted by atomic mass is 10.2. The van der Waals surface area contributed by atoms with Gasteiger partial charge in [0.2, 0.25) is 0 Å². The molecule has 23 heavy (non-hydrogen) atoms. The Morgan fingerprint density at radius 1 is 1.35 bits per heavy atom. The number of hydrogen-bond acceptors (Lipinski definition) is 4. The SMILES string of the molecule is Cc1nc(C)n(CC2CCCN2CCOc2cccc(F)c2)n1. The molecule has 1 aliphatic rings. The number of aryl methyl sites for hydroxylation is 2. The van der Waals surface area contributed by atoms with Gasteiger partial charge in [0.15, 0.2) is 0 Å². The molecule has 1 fully saturated rings. The van der Waals surface area contributed by atoms with Crippen LogP contribution < -0.4 is 4.74 Å². The number of likely N-dealkylation sites (tertiary alicyclic amines) is 1. The molecule has 0 radical (unpaired) electrons. The summed E-state index contributed by atoms with van der Waals surface area (Å²) in [6.07, 6.45) is 2.36. The van der Waals surface area contributed by atoms with Crippen molar-refractivity contribution in [1.29, 1.82) is 0 Å². The number of hydrogen-bond donors (Lipinski definition) is 0. The van der Waals surface area contributed by atoms with Gasteiger partial charge >= 0.3 is 0 Å². The second-order valence-corrected chi connectivity index (χ2v) is 6.03. The Balaban J connectivity index is 1.52. The van der Waals surface area contributed by atoms with E-state index < -0.39 is 0 Å². The van der Waals surface area contributed by atoms with Gasteiger partial charge in [-0.15, -0.1) is 0 Å². The lowest BCUT2D eigenvalue weighted by molar-refractivity contribution is 0.181. The number of rotatable bonds is 6. The van der Waals surface area contributed by atoms with Crippen LogP contribution in [-0.4, -0.2) is 45.4 Å². The van der Waals surface area contributed by atoms with Crippen molar-refractivity contribution in [1.82, 2.24) is 19.7 Å². The minimum atomic E-state index is -0.265. The molecule has 2 heterocycles. The zero-order chi connectivity index (χ0) is 16.2. The Morgan fingerprint density at radius 3 is 2.96 bits per heavy atom. The van der Waals surface area contributed by atoms with E-state index >= 15 is 0 Å². The zero-order valence-electron chi connectivity index (χ0n) is 13.7. The number of aromatic nitrogens is 3. The summed E-state index contributed by atoms with van der Waals surface area (Å²) in [7, 11) is 0. The van der Waals surface area contributed by atoms with Crippen molar-refractivity contribution in [2.24, 2.45) is 0 Å². The van der Waals surface area contributed by atoms with Gasteiger partial charge < -0.3 is 4.74 Å². The van der Waals surface area contributed by atoms with Gasteiger partial charge in [0.1, 0.15) is 29.8 Å². The summed E-state index contributed by atoms with van der Waals surface area (Å²) in [4.78, 5) is 6.79. The second-order valence-electron chi connectivity index (χ2n) is 6.03. The molecule has 2 aromatic rings. The lowest BCUT2D eigenvalue weighted by Gasteiger charge is -2.24. The summed E-state index contributed by atoms with van der Waals surface area (Å²) >= 11 is 0. The summed E-state index contributed by atoms with van der Waals surface area (Å²) in [5.41, 5.74) is 0. The van der Waals surface area contributed by atoms with E-state index in [1.165, 1.54) is 18.6 Å². The predicted molar refractivity (Wildman–Crippen MR) is 86.0 cm³/mol. The zero-order valence-corrected chi connectivity index (χ0v) is 13.7. The van der Waals surface area contributed by atoms with E-state index in [1.807, 2.05) is 18.5 Å². The molecule has 1 unspecified atom stereocenters. The van der Waals surface area contributed by atoms with Crippen LogP contribution in [0.3, 0.4) is 0 Å². The molecule has 5 nitrogen and oxygen atoms in total. The number of nitrogens with zero attached hydrogens (tertiary/aromatic N) is 4. The highest BCUT2D eigenvalue weighted by Gasteiger charge is 2.25. The third kappa shape index (κ3) is 4.07. The molecular formula is C17H23FN4O. The molecule has 0 N–H and O–H groups in total. The predicted octanol–water partition coefficient (Wildman–Crippen LogP) is 2.58. The number of benzene rings is 1. The van der Waals surface area contributed by atoms with E-state index in [4.69, 9.17) is 4.74 Å². The second kappa shape index (κ2) is 7.08. The number of halogens is 1. The highest BCUT2D eigenvalue weighted by molar-refractivity contribution is 5.22. The summed E-state index contributed by atoms with van der Waals surface area (Å²) in [5, 5.41) is 4.45. The quantitative estimate of drug-likeness (QED) is 0.821. The Labute approximate surface area is 136 Å². The molecule has 3 rings (SSSR count). The molecule has 1 aromatic heterocycles. The van der Waals surface area contributed by atoms with Crippen molar-refractivity contribution in [2.45, 2.75) is 39.3 Å². The highest BCUT2D eigenvalue weighted by Crippen LogP contribution is 2.19. The molecule has 1 aromatic carbocycles. The molecule has 1 atom stereocenters. The largest absolute Gasteiger partial charge is 0.492 e. The van der Waals surface area contributed by atoms with Crippen molar-refractivity contribution in [3.8, 4) is 5.75 Å². The lowest BCUT2D eigenvalue weighted by Crippen LogP contribution is -2.36. The molecule has 0 amide bonds. The van der Waals surface area contributed by atoms with Gasteiger partial charge in [0.25, 0.3) is 0 Å². The van der Waals surface area contributed by atoms with Crippen molar-refractivity contribution < 1.29 is 9.13 Å². The smallest absolute Gasteiger partial charge is 0.147 e. The molecule has 0 bridgehead atoms. The maximum atomic E-state index is 13.1. The Hall–Kier alpha value is -1.95. The first-order chi connectivity index (χ1) is 11.1. The van der Waals surface area contributed by atoms with E-state index in [9.17, 15) is 4.39 Å². The van der Waals surface area contributed by atoms with Crippen LogP contribution in [0.15, 0.2) is 24.3 Å². The summed E-state index contributed by atoms with van der Waals surface area (Å²) in [6.45, 7) is 7.26. The van der Waals surface area contributed by atoms with Crippen molar-refractivity contribution in [3.63, 3.8) is 0 Å². The molecule has 1 aliphatic heterocycles. The molecule has 0 aliphatic carbocycles. The van der Waals surface area contributed by atoms with Crippen LogP contribution in [0.25, 0.3) is 0 Å². The molecular weight excluding hydrogens is 295 g/mol. The van der Waals surface area contributed by atoms with Crippen molar-refractivity contribution >= 4 is 0 Å². The fourth-order valence-electron chi connectivity index (χ4n) is 3.17. The summed E-state index contributed by atoms with van der Waals surface area (Å²) in [6, 6.07) is 6.76. The topological polar surface area (TPSA) is 43.2 Å². The van der Waals surface area contributed by atoms with E-state index in [1.54, 1.807) is 12.1 Å². The normalized spacial score (nSPS) is 18.5. The van der Waals surface area contributed by atoms with Crippen LogP contribution in [0.2, 0.25) is 0 Å². The van der Waals surface area contributed by atoms with Crippen LogP contribution in [-0.2, 0) is 6.54 Å². The van der Waals surface area contributed by atoms with E-state index in [0.717, 1.165) is 37.7 Å². The molecule has 1 saturated heterocycles. The fraction of sp³-hybridized carbons (Fsp3) is 0.529. The minimum absolute atomic E-state index is 0.265. The maximum absolute atomic E-state index is 13.1. The maximum Gasteiger partial charge on any atom is 0.147 e. The Bertz CT molecular complexity index is 658. The molecule has 0 saturated carbocycles. The van der Waals surface area contributed by atoms with E-state index in [2.05, 4.69) is 15.0 Å². The number of ether oxygens (including phenoxy) is 1. The molecule has 124 valence electrons. The van der Waals surface area contributed by atoms with E-state index in [-0.39, 0.29) is 5.82 Å². The molecule has 6 heteroatoms. The van der Waals surface area contributed by atoms with Crippen molar-refractivity contribution in [3.05, 3.63) is 41.7 Å². The van der Waals surface area contributed by atoms with Crippen molar-refractivity contribution in [2.75, 3.05) is 19.7 Å². The first-order valence-corrected chi connectivity index (χ1v) is 8.12. The fourth-order valence-corrected chi connectivity index (χ4v) is 3.17. The average molecular weight is 318 g/mol. The van der Waals surface area contributed by atoms with Gasteiger partial charge in [-0.05, 0) is 45.4 Å². The third-order valence-corrected chi connectivity index (χ3v) is 4.29. The van der Waals surface area contributed by atoms with Gasteiger partial charge in [0, 0.05) is 18.7 Å². The summed E-state index contributed by atoms with van der Waals surface area (Å²) < 4.78 is 20.8. The van der Waals surface area contributed by atoms with Crippen LogP contribution in [0, 0.1) is 19.7 Å². The van der Waals surface area contributed by atoms with Crippen LogP contribution in [0.1, 0.15) is 24.5 Å². The van der Waals surface area contributed by atoms with E-state index in [0.29, 0.717) is 18.4 Å². The summed E-state index contributed by atoms with van der Waals surface area (Å²) in [5.74, 6) is 2.11. The standard InChI is InChI=1S/C17H23FN4O/c1-13-19-14(2)22(20-13)12-16-6-4-8-21(16)9-10-23-17-7-3-5-15(18)11-17/h3,5,7,11,16H,4,6,8-10,12H2,1-2H3. The van der Waals surface area contributed by atoms with Gasteiger partial charge in [0.05, 0.1) is 6.54 Å². The first kappa shape index (κ1) is 15.9. The molecule has 0 spiro atoms. The Kier molecular flexibility index (Phi) is 4.91. The highest BCUT2D eigenvalue weighted by atomic mass is 19.1. The van der Waals surface area contributed by atoms with Crippen LogP contribution in [0.4, 0.5) is 4.39 Å².